The van der Waals surface area contributed by atoms with E-state index in [0.29, 0.717) is 37.0 Å². The molecule has 0 spiro atoms. The molecular weight excluding hydrogens is 318 g/mol. The number of carbonyl (C=O) groups is 1. The Hall–Kier alpha value is -2.21. The highest BCUT2D eigenvalue weighted by Crippen LogP contribution is 2.24. The number of aliphatic hydroxyl groups is 1. The molecular formula is C19H25N3O3. The van der Waals surface area contributed by atoms with Crippen molar-refractivity contribution < 1.29 is 14.3 Å². The van der Waals surface area contributed by atoms with E-state index in [1.165, 1.54) is 0 Å². The van der Waals surface area contributed by atoms with Crippen molar-refractivity contribution >= 4 is 5.91 Å². The van der Waals surface area contributed by atoms with Crippen molar-refractivity contribution in [2.45, 2.75) is 45.1 Å². The van der Waals surface area contributed by atoms with Crippen LogP contribution >= 0.6 is 0 Å². The molecule has 1 aliphatic rings. The first kappa shape index (κ1) is 17.6. The number of likely N-dealkylation sites (tertiary alicyclic amines) is 1. The Morgan fingerprint density at radius 3 is 2.88 bits per heavy atom. The highest BCUT2D eigenvalue weighted by molar-refractivity contribution is 5.76. The molecule has 1 aliphatic heterocycles. The van der Waals surface area contributed by atoms with Crippen molar-refractivity contribution in [3.8, 4) is 11.5 Å². The molecule has 6 heteroatoms. The first-order valence-electron chi connectivity index (χ1n) is 8.97. The summed E-state index contributed by atoms with van der Waals surface area (Å²) in [5.41, 5.74) is 0.894. The highest BCUT2D eigenvalue weighted by atomic mass is 16.4. The molecule has 0 aliphatic carbocycles. The molecule has 1 N–H and O–H groups in total. The third kappa shape index (κ3) is 4.25. The van der Waals surface area contributed by atoms with E-state index in [0.717, 1.165) is 24.9 Å². The topological polar surface area (TPSA) is 79.5 Å². The monoisotopic (exact) mass is 343 g/mol. The number of aliphatic hydroxyl groups excluding tert-OH is 1. The van der Waals surface area contributed by atoms with E-state index in [1.807, 2.05) is 35.2 Å². The van der Waals surface area contributed by atoms with Gasteiger partial charge in [0.1, 0.15) is 0 Å². The van der Waals surface area contributed by atoms with E-state index in [2.05, 4.69) is 17.1 Å². The van der Waals surface area contributed by atoms with Crippen LogP contribution < -0.4 is 0 Å². The van der Waals surface area contributed by atoms with Crippen LogP contribution in [0.1, 0.15) is 38.5 Å². The van der Waals surface area contributed by atoms with Gasteiger partial charge < -0.3 is 14.4 Å². The van der Waals surface area contributed by atoms with Crippen molar-refractivity contribution in [1.82, 2.24) is 15.1 Å². The molecule has 1 amide bonds. The number of amides is 1. The van der Waals surface area contributed by atoms with Crippen LogP contribution in [-0.4, -0.2) is 45.3 Å². The number of aryl methyl sites for hydroxylation is 1. The lowest BCUT2D eigenvalue weighted by Crippen LogP contribution is -2.49. The molecule has 2 aromatic rings. The van der Waals surface area contributed by atoms with Crippen LogP contribution in [0.15, 0.2) is 34.7 Å². The van der Waals surface area contributed by atoms with E-state index in [4.69, 9.17) is 4.42 Å². The zero-order valence-corrected chi connectivity index (χ0v) is 14.6. The summed E-state index contributed by atoms with van der Waals surface area (Å²) in [6.45, 7) is 2.88. The van der Waals surface area contributed by atoms with Gasteiger partial charge >= 0.3 is 0 Å². The molecule has 0 bridgehead atoms. The van der Waals surface area contributed by atoms with Crippen LogP contribution in [0.25, 0.3) is 11.5 Å². The fraction of sp³-hybridized carbons (Fsp3) is 0.526. The summed E-state index contributed by atoms with van der Waals surface area (Å²) in [7, 11) is 0. The summed E-state index contributed by atoms with van der Waals surface area (Å²) >= 11 is 0. The molecule has 1 saturated heterocycles. The Labute approximate surface area is 147 Å². The normalized spacial score (nSPS) is 20.6. The van der Waals surface area contributed by atoms with Gasteiger partial charge in [-0.2, -0.15) is 0 Å². The van der Waals surface area contributed by atoms with Gasteiger partial charge in [-0.1, -0.05) is 25.1 Å². The molecule has 134 valence electrons. The van der Waals surface area contributed by atoms with Crippen molar-refractivity contribution in [2.75, 3.05) is 13.2 Å². The number of carbonyl (C=O) groups excluding carboxylic acids is 1. The summed E-state index contributed by atoms with van der Waals surface area (Å²) in [6.07, 6.45) is 3.76. The number of nitrogens with zero attached hydrogens (tertiary/aromatic N) is 3. The van der Waals surface area contributed by atoms with Crippen LogP contribution in [0.5, 0.6) is 0 Å². The maximum Gasteiger partial charge on any atom is 0.247 e. The second-order valence-corrected chi connectivity index (χ2v) is 6.68. The zero-order valence-electron chi connectivity index (χ0n) is 14.6. The molecule has 0 saturated carbocycles. The maximum absolute atomic E-state index is 12.5. The predicted molar refractivity (Wildman–Crippen MR) is 93.7 cm³/mol. The number of aromatic nitrogens is 2. The molecule has 3 rings (SSSR count). The highest BCUT2D eigenvalue weighted by Gasteiger charge is 2.30. The fourth-order valence-corrected chi connectivity index (χ4v) is 3.42. The van der Waals surface area contributed by atoms with E-state index in [9.17, 15) is 9.90 Å². The Balaban J connectivity index is 1.51. The molecule has 0 radical (unpaired) electrons. The number of benzene rings is 1. The lowest BCUT2D eigenvalue weighted by atomic mass is 9.91. The number of rotatable bonds is 6. The van der Waals surface area contributed by atoms with Gasteiger partial charge in [-0.25, -0.2) is 0 Å². The molecule has 25 heavy (non-hydrogen) atoms. The van der Waals surface area contributed by atoms with Gasteiger partial charge in [0.15, 0.2) is 0 Å². The second-order valence-electron chi connectivity index (χ2n) is 6.68. The van der Waals surface area contributed by atoms with E-state index >= 15 is 0 Å². The molecule has 1 aromatic heterocycles. The average Bonchev–Trinajstić information content (AvgIpc) is 3.11. The summed E-state index contributed by atoms with van der Waals surface area (Å²) in [5, 5.41) is 17.7. The smallest absolute Gasteiger partial charge is 0.247 e. The average molecular weight is 343 g/mol. The third-order valence-corrected chi connectivity index (χ3v) is 4.89. The van der Waals surface area contributed by atoms with Gasteiger partial charge in [0, 0.05) is 24.9 Å². The van der Waals surface area contributed by atoms with Gasteiger partial charge in [-0.15, -0.1) is 10.2 Å². The van der Waals surface area contributed by atoms with Crippen LogP contribution in [0, 0.1) is 5.92 Å². The Morgan fingerprint density at radius 1 is 1.32 bits per heavy atom. The van der Waals surface area contributed by atoms with Gasteiger partial charge in [0.05, 0.1) is 12.6 Å². The van der Waals surface area contributed by atoms with E-state index < -0.39 is 0 Å². The van der Waals surface area contributed by atoms with Gasteiger partial charge in [0.25, 0.3) is 0 Å². The van der Waals surface area contributed by atoms with Gasteiger partial charge in [-0.3, -0.25) is 4.79 Å². The number of hydrogen-bond acceptors (Lipinski definition) is 5. The molecule has 2 atom stereocenters. The van der Waals surface area contributed by atoms with Gasteiger partial charge in [0.2, 0.25) is 17.7 Å². The second kappa shape index (κ2) is 8.25. The quantitative estimate of drug-likeness (QED) is 0.872. The Bertz CT molecular complexity index is 686. The number of piperidine rings is 1. The molecule has 2 unspecified atom stereocenters. The summed E-state index contributed by atoms with van der Waals surface area (Å²) in [6, 6.07) is 9.59. The van der Waals surface area contributed by atoms with Crippen molar-refractivity contribution in [3.05, 3.63) is 36.2 Å². The lowest BCUT2D eigenvalue weighted by Gasteiger charge is -2.39. The minimum absolute atomic E-state index is 0.0387. The van der Waals surface area contributed by atoms with Crippen LogP contribution in [-0.2, 0) is 11.2 Å². The fourth-order valence-electron chi connectivity index (χ4n) is 3.42. The Kier molecular flexibility index (Phi) is 5.81. The predicted octanol–water partition coefficient (Wildman–Crippen LogP) is 2.68. The summed E-state index contributed by atoms with van der Waals surface area (Å²) in [5.74, 6) is 1.52. The molecule has 1 fully saturated rings. The van der Waals surface area contributed by atoms with Crippen molar-refractivity contribution in [3.63, 3.8) is 0 Å². The van der Waals surface area contributed by atoms with E-state index in [-0.39, 0.29) is 18.6 Å². The first-order valence-corrected chi connectivity index (χ1v) is 8.97. The SMILES string of the molecule is CC1CCCN(C(=O)CCCc2nnc(-c3ccccc3)o2)C1CO. The van der Waals surface area contributed by atoms with Crippen LogP contribution in [0.4, 0.5) is 0 Å². The van der Waals surface area contributed by atoms with Gasteiger partial charge in [-0.05, 0) is 37.3 Å². The summed E-state index contributed by atoms with van der Waals surface area (Å²) in [4.78, 5) is 14.3. The molecule has 1 aromatic carbocycles. The van der Waals surface area contributed by atoms with Crippen molar-refractivity contribution in [2.24, 2.45) is 5.92 Å². The standard InChI is InChI=1S/C19H25N3O3/c1-14-7-6-12-22(16(14)13-23)18(24)11-5-10-17-20-21-19(25-17)15-8-3-2-4-9-15/h2-4,8-9,14,16,23H,5-7,10-13H2,1H3. The number of hydrogen-bond donors (Lipinski definition) is 1. The first-order chi connectivity index (χ1) is 12.2. The van der Waals surface area contributed by atoms with Crippen molar-refractivity contribution in [1.29, 1.82) is 0 Å². The molecule has 6 nitrogen and oxygen atoms in total. The lowest BCUT2D eigenvalue weighted by molar-refractivity contribution is -0.137. The molecule has 2 heterocycles. The zero-order chi connectivity index (χ0) is 17.6. The van der Waals surface area contributed by atoms with E-state index in [1.54, 1.807) is 0 Å². The van der Waals surface area contributed by atoms with Crippen LogP contribution in [0.3, 0.4) is 0 Å². The minimum Gasteiger partial charge on any atom is -0.421 e. The maximum atomic E-state index is 12.5. The van der Waals surface area contributed by atoms with Crippen LogP contribution in [0.2, 0.25) is 0 Å². The largest absolute Gasteiger partial charge is 0.421 e. The minimum atomic E-state index is -0.0469. The summed E-state index contributed by atoms with van der Waals surface area (Å²) < 4.78 is 5.67. The third-order valence-electron chi connectivity index (χ3n) is 4.89. The Morgan fingerprint density at radius 2 is 2.12 bits per heavy atom.